The van der Waals surface area contributed by atoms with E-state index in [4.69, 9.17) is 0 Å². The molecule has 0 amide bonds. The first-order valence-corrected chi connectivity index (χ1v) is 4.21. The second-order valence-electron chi connectivity index (χ2n) is 1.63. The van der Waals surface area contributed by atoms with Crippen molar-refractivity contribution in [1.82, 2.24) is 0 Å². The Balaban J connectivity index is 2.99. The molecule has 0 aromatic carbocycles. The van der Waals surface area contributed by atoms with Gasteiger partial charge in [-0.3, -0.25) is 0 Å². The third-order valence-corrected chi connectivity index (χ3v) is 3.01. The normalized spacial score (nSPS) is 9.45. The summed E-state index contributed by atoms with van der Waals surface area (Å²) in [7, 11) is 0. The zero-order valence-electron chi connectivity index (χ0n) is 5.09. The monoisotopic (exact) mass is 222 g/mol. The minimum absolute atomic E-state index is 0.0656. The van der Waals surface area contributed by atoms with Crippen LogP contribution in [0.2, 0.25) is 0 Å². The van der Waals surface area contributed by atoms with E-state index < -0.39 is 24.4 Å². The maximum absolute atomic E-state index is 10.1. The van der Waals surface area contributed by atoms with E-state index in [-0.39, 0.29) is 9.12 Å². The van der Waals surface area contributed by atoms with Gasteiger partial charge in [-0.1, -0.05) is 0 Å². The molecule has 0 saturated carbocycles. The number of nitrogens with zero attached hydrogens (tertiary/aromatic N) is 2. The Kier molecular flexibility index (Phi) is 2.02. The fourth-order valence-electron chi connectivity index (χ4n) is 0.514. The third-order valence-electron chi connectivity index (χ3n) is 0.938. The van der Waals surface area contributed by atoms with Gasteiger partial charge < -0.3 is 0 Å². The van der Waals surface area contributed by atoms with Crippen LogP contribution in [-0.4, -0.2) is 24.4 Å². The molecule has 1 aromatic heterocycles. The van der Waals surface area contributed by atoms with Crippen LogP contribution in [0, 0.1) is 20.2 Å². The van der Waals surface area contributed by atoms with Gasteiger partial charge in [0.25, 0.3) is 0 Å². The number of hydrogen-bond donors (Lipinski definition) is 0. The molecule has 0 aliphatic carbocycles. The van der Waals surface area contributed by atoms with Crippen LogP contribution in [0.5, 0.6) is 0 Å². The standard InChI is InChI=1S/C4H2N2O4Se/c7-5(8)3-1-2-4(11-3)6(9)10/h1-2H. The second-order valence-corrected chi connectivity index (χ2v) is 3.81. The third kappa shape index (κ3) is 1.63. The van der Waals surface area contributed by atoms with Crippen LogP contribution >= 0.6 is 0 Å². The van der Waals surface area contributed by atoms with Gasteiger partial charge >= 0.3 is 65.8 Å². The van der Waals surface area contributed by atoms with Crippen molar-refractivity contribution in [1.29, 1.82) is 0 Å². The summed E-state index contributed by atoms with van der Waals surface area (Å²) in [5.74, 6) is 0. The molecule has 0 aliphatic heterocycles. The van der Waals surface area contributed by atoms with E-state index in [2.05, 4.69) is 0 Å². The molecule has 0 radical (unpaired) electrons. The fraction of sp³-hybridized carbons (Fsp3) is 0. The molecule has 0 fully saturated rings. The summed E-state index contributed by atoms with van der Waals surface area (Å²) in [5.41, 5.74) is 0. The van der Waals surface area contributed by atoms with Crippen LogP contribution in [0.15, 0.2) is 12.1 Å². The molecule has 0 saturated heterocycles. The first-order chi connectivity index (χ1) is 5.11. The van der Waals surface area contributed by atoms with Crippen molar-refractivity contribution in [2.24, 2.45) is 0 Å². The van der Waals surface area contributed by atoms with Gasteiger partial charge in [0.2, 0.25) is 0 Å². The first-order valence-electron chi connectivity index (χ1n) is 2.50. The van der Waals surface area contributed by atoms with Crippen LogP contribution in [0.1, 0.15) is 0 Å². The number of hydrogen-bond acceptors (Lipinski definition) is 4. The Morgan fingerprint density at radius 2 is 1.45 bits per heavy atom. The van der Waals surface area contributed by atoms with E-state index in [9.17, 15) is 20.2 Å². The maximum atomic E-state index is 10.1. The molecule has 11 heavy (non-hydrogen) atoms. The van der Waals surface area contributed by atoms with Crippen molar-refractivity contribution >= 4 is 23.6 Å². The molecule has 0 N–H and O–H groups in total. The summed E-state index contributed by atoms with van der Waals surface area (Å²) < 4.78 is -0.131. The van der Waals surface area contributed by atoms with Gasteiger partial charge in [0.1, 0.15) is 0 Å². The molecular formula is C4H2N2O4Se. The van der Waals surface area contributed by atoms with Gasteiger partial charge in [0.15, 0.2) is 0 Å². The Morgan fingerprint density at radius 1 is 1.09 bits per heavy atom. The summed E-state index contributed by atoms with van der Waals surface area (Å²) in [5, 5.41) is 20.1. The summed E-state index contributed by atoms with van der Waals surface area (Å²) >= 11 is -0.729. The Bertz CT molecular complexity index is 278. The van der Waals surface area contributed by atoms with E-state index in [0.29, 0.717) is 0 Å². The van der Waals surface area contributed by atoms with E-state index in [1.54, 1.807) is 0 Å². The van der Waals surface area contributed by atoms with Crippen molar-refractivity contribution in [3.05, 3.63) is 32.4 Å². The molecule has 0 bridgehead atoms. The average molecular weight is 221 g/mol. The van der Waals surface area contributed by atoms with E-state index >= 15 is 0 Å². The molecule has 0 spiro atoms. The van der Waals surface area contributed by atoms with Gasteiger partial charge in [-0.05, 0) is 0 Å². The molecular weight excluding hydrogens is 219 g/mol. The van der Waals surface area contributed by atoms with Crippen molar-refractivity contribution in [3.63, 3.8) is 0 Å². The topological polar surface area (TPSA) is 86.3 Å². The zero-order chi connectivity index (χ0) is 8.43. The number of nitro groups is 2. The average Bonchev–Trinajstić information content (AvgIpc) is 2.33. The quantitative estimate of drug-likeness (QED) is 0.414. The van der Waals surface area contributed by atoms with Gasteiger partial charge in [-0.25, -0.2) is 0 Å². The van der Waals surface area contributed by atoms with Crippen LogP contribution < -0.4 is 0 Å². The molecule has 1 aromatic rings. The summed E-state index contributed by atoms with van der Waals surface area (Å²) in [6.45, 7) is 0. The van der Waals surface area contributed by atoms with Gasteiger partial charge in [0, 0.05) is 0 Å². The van der Waals surface area contributed by atoms with Crippen molar-refractivity contribution in [2.75, 3.05) is 0 Å². The first kappa shape index (κ1) is 7.90. The predicted octanol–water partition coefficient (Wildman–Crippen LogP) is 0.560. The zero-order valence-corrected chi connectivity index (χ0v) is 6.80. The minimum atomic E-state index is -0.729. The molecule has 1 rings (SSSR count). The molecule has 58 valence electrons. The SMILES string of the molecule is O=[N+]([O-])c1ccc([N+](=O)[O-])[se]1. The van der Waals surface area contributed by atoms with Gasteiger partial charge in [0.05, 0.1) is 0 Å². The second kappa shape index (κ2) is 2.81. The van der Waals surface area contributed by atoms with Gasteiger partial charge in [-0.2, -0.15) is 0 Å². The summed E-state index contributed by atoms with van der Waals surface area (Å²) in [6, 6.07) is 2.36. The molecule has 1 heterocycles. The van der Waals surface area contributed by atoms with Crippen LogP contribution in [0.25, 0.3) is 0 Å². The fourth-order valence-corrected chi connectivity index (χ4v) is 1.85. The summed E-state index contributed by atoms with van der Waals surface area (Å²) in [6.07, 6.45) is 0. The summed E-state index contributed by atoms with van der Waals surface area (Å²) in [4.78, 5) is 19.0. The molecule has 0 atom stereocenters. The van der Waals surface area contributed by atoms with Crippen molar-refractivity contribution in [2.45, 2.75) is 0 Å². The van der Waals surface area contributed by atoms with Crippen molar-refractivity contribution in [3.8, 4) is 0 Å². The van der Waals surface area contributed by atoms with Crippen LogP contribution in [-0.2, 0) is 0 Å². The van der Waals surface area contributed by atoms with E-state index in [1.807, 2.05) is 0 Å². The van der Waals surface area contributed by atoms with E-state index in [0.717, 1.165) is 0 Å². The van der Waals surface area contributed by atoms with Crippen LogP contribution in [0.3, 0.4) is 0 Å². The molecule has 0 aliphatic rings. The Hall–Kier alpha value is -1.20. The molecule has 6 nitrogen and oxygen atoms in total. The Morgan fingerprint density at radius 3 is 1.64 bits per heavy atom. The molecule has 7 heteroatoms. The van der Waals surface area contributed by atoms with Crippen molar-refractivity contribution < 1.29 is 9.85 Å². The van der Waals surface area contributed by atoms with Gasteiger partial charge in [-0.15, -0.1) is 0 Å². The van der Waals surface area contributed by atoms with E-state index in [1.165, 1.54) is 12.1 Å². The Labute approximate surface area is 66.5 Å². The van der Waals surface area contributed by atoms with Crippen LogP contribution in [0.4, 0.5) is 9.12 Å². The molecule has 0 unspecified atom stereocenters. The number of rotatable bonds is 2. The predicted molar refractivity (Wildman–Crippen MR) is 36.7 cm³/mol.